The Morgan fingerprint density at radius 2 is 1.81 bits per heavy atom. The standard InChI is InChI=1S/C16H16FNO2S/c17-15-6-3-12(9-14(15)16(18)21)10-20-13-4-1-11(2-5-13)7-8-19/h1-6,9,19H,7-8,10H2,(H2,18,21). The van der Waals surface area contributed by atoms with Crippen LogP contribution < -0.4 is 10.5 Å². The smallest absolute Gasteiger partial charge is 0.133 e. The summed E-state index contributed by atoms with van der Waals surface area (Å²) in [6.45, 7) is 0.423. The number of halogens is 1. The van der Waals surface area contributed by atoms with E-state index in [1.54, 1.807) is 12.1 Å². The molecule has 2 aromatic rings. The van der Waals surface area contributed by atoms with E-state index in [1.165, 1.54) is 6.07 Å². The van der Waals surface area contributed by atoms with Crippen molar-refractivity contribution in [2.45, 2.75) is 13.0 Å². The molecule has 21 heavy (non-hydrogen) atoms. The van der Waals surface area contributed by atoms with Crippen molar-refractivity contribution in [3.8, 4) is 5.75 Å². The molecule has 110 valence electrons. The van der Waals surface area contributed by atoms with Crippen molar-refractivity contribution in [2.75, 3.05) is 6.61 Å². The van der Waals surface area contributed by atoms with E-state index in [1.807, 2.05) is 24.3 Å². The molecule has 0 aliphatic rings. The van der Waals surface area contributed by atoms with Gasteiger partial charge in [-0.2, -0.15) is 0 Å². The first-order chi connectivity index (χ1) is 10.1. The van der Waals surface area contributed by atoms with Crippen LogP contribution in [0.2, 0.25) is 0 Å². The minimum absolute atomic E-state index is 0.0303. The van der Waals surface area contributed by atoms with Crippen LogP contribution in [-0.4, -0.2) is 16.7 Å². The van der Waals surface area contributed by atoms with E-state index in [-0.39, 0.29) is 17.2 Å². The van der Waals surface area contributed by atoms with Crippen molar-refractivity contribution in [1.29, 1.82) is 0 Å². The average molecular weight is 305 g/mol. The Balaban J connectivity index is 2.02. The van der Waals surface area contributed by atoms with Crippen molar-refractivity contribution in [3.05, 3.63) is 65.0 Å². The molecule has 3 nitrogen and oxygen atoms in total. The Hall–Kier alpha value is -1.98. The van der Waals surface area contributed by atoms with Gasteiger partial charge in [0.05, 0.1) is 0 Å². The fourth-order valence-corrected chi connectivity index (χ4v) is 2.06. The minimum Gasteiger partial charge on any atom is -0.489 e. The van der Waals surface area contributed by atoms with Crippen LogP contribution in [0.4, 0.5) is 4.39 Å². The van der Waals surface area contributed by atoms with Crippen LogP contribution in [0.5, 0.6) is 5.75 Å². The zero-order valence-corrected chi connectivity index (χ0v) is 12.2. The summed E-state index contributed by atoms with van der Waals surface area (Å²) in [4.78, 5) is 0.0303. The van der Waals surface area contributed by atoms with Crippen LogP contribution in [0, 0.1) is 5.82 Å². The van der Waals surface area contributed by atoms with Gasteiger partial charge in [0, 0.05) is 12.2 Å². The maximum absolute atomic E-state index is 13.5. The first-order valence-electron chi connectivity index (χ1n) is 6.51. The Bertz CT molecular complexity index is 629. The van der Waals surface area contributed by atoms with Crippen LogP contribution in [-0.2, 0) is 13.0 Å². The predicted molar refractivity (Wildman–Crippen MR) is 83.9 cm³/mol. The lowest BCUT2D eigenvalue weighted by molar-refractivity contribution is 0.298. The Morgan fingerprint density at radius 3 is 2.43 bits per heavy atom. The number of rotatable bonds is 6. The molecule has 0 aliphatic heterocycles. The zero-order chi connectivity index (χ0) is 15.2. The second kappa shape index (κ2) is 7.15. The summed E-state index contributed by atoms with van der Waals surface area (Å²) >= 11 is 4.80. The number of aliphatic hydroxyl groups excluding tert-OH is 1. The minimum atomic E-state index is -0.431. The van der Waals surface area contributed by atoms with Gasteiger partial charge in [-0.3, -0.25) is 0 Å². The molecule has 0 atom stereocenters. The van der Waals surface area contributed by atoms with Gasteiger partial charge in [-0.1, -0.05) is 30.4 Å². The number of hydrogen-bond donors (Lipinski definition) is 2. The molecule has 0 bridgehead atoms. The van der Waals surface area contributed by atoms with Crippen molar-refractivity contribution in [3.63, 3.8) is 0 Å². The molecular formula is C16H16FNO2S. The van der Waals surface area contributed by atoms with Gasteiger partial charge in [0.25, 0.3) is 0 Å². The maximum atomic E-state index is 13.5. The third kappa shape index (κ3) is 4.24. The fourth-order valence-electron chi connectivity index (χ4n) is 1.90. The molecular weight excluding hydrogens is 289 g/mol. The molecule has 0 saturated carbocycles. The van der Waals surface area contributed by atoms with Crippen molar-refractivity contribution < 1.29 is 14.2 Å². The third-order valence-corrected chi connectivity index (χ3v) is 3.25. The number of nitrogens with two attached hydrogens (primary N) is 1. The largest absolute Gasteiger partial charge is 0.489 e. The van der Waals surface area contributed by atoms with Gasteiger partial charge in [0.1, 0.15) is 23.2 Å². The normalized spacial score (nSPS) is 10.4. The van der Waals surface area contributed by atoms with E-state index in [0.29, 0.717) is 18.8 Å². The van der Waals surface area contributed by atoms with Crippen LogP contribution in [0.3, 0.4) is 0 Å². The lowest BCUT2D eigenvalue weighted by Crippen LogP contribution is -2.12. The molecule has 0 heterocycles. The highest BCUT2D eigenvalue weighted by atomic mass is 32.1. The molecule has 0 unspecified atom stereocenters. The van der Waals surface area contributed by atoms with Crippen molar-refractivity contribution in [2.24, 2.45) is 5.73 Å². The van der Waals surface area contributed by atoms with E-state index < -0.39 is 5.82 Å². The number of thiocarbonyl (C=S) groups is 1. The molecule has 2 rings (SSSR count). The Kier molecular flexibility index (Phi) is 5.25. The van der Waals surface area contributed by atoms with Crippen LogP contribution in [0.1, 0.15) is 16.7 Å². The maximum Gasteiger partial charge on any atom is 0.133 e. The molecule has 5 heteroatoms. The van der Waals surface area contributed by atoms with Crippen molar-refractivity contribution >= 4 is 17.2 Å². The summed E-state index contributed by atoms with van der Waals surface area (Å²) in [6.07, 6.45) is 0.621. The Morgan fingerprint density at radius 1 is 1.14 bits per heavy atom. The first kappa shape index (κ1) is 15.4. The SMILES string of the molecule is NC(=S)c1cc(COc2ccc(CCO)cc2)ccc1F. The number of benzene rings is 2. The zero-order valence-electron chi connectivity index (χ0n) is 11.4. The van der Waals surface area contributed by atoms with Gasteiger partial charge in [-0.15, -0.1) is 0 Å². The lowest BCUT2D eigenvalue weighted by Gasteiger charge is -2.09. The van der Waals surface area contributed by atoms with E-state index >= 15 is 0 Å². The second-order valence-corrected chi connectivity index (χ2v) is 5.02. The molecule has 3 N–H and O–H groups in total. The average Bonchev–Trinajstić information content (AvgIpc) is 2.48. The molecule has 0 aliphatic carbocycles. The number of aliphatic hydroxyl groups is 1. The van der Waals surface area contributed by atoms with Gasteiger partial charge in [-0.25, -0.2) is 4.39 Å². The summed E-state index contributed by atoms with van der Waals surface area (Å²) in [7, 11) is 0. The molecule has 0 spiro atoms. The molecule has 0 amide bonds. The monoisotopic (exact) mass is 305 g/mol. The number of ether oxygens (including phenoxy) is 1. The number of hydrogen-bond acceptors (Lipinski definition) is 3. The summed E-state index contributed by atoms with van der Waals surface area (Å²) in [5.41, 5.74) is 7.53. The molecule has 0 aromatic heterocycles. The van der Waals surface area contributed by atoms with Crippen LogP contribution in [0.15, 0.2) is 42.5 Å². The van der Waals surface area contributed by atoms with Gasteiger partial charge in [0.15, 0.2) is 0 Å². The molecule has 2 aromatic carbocycles. The first-order valence-corrected chi connectivity index (χ1v) is 6.92. The quantitative estimate of drug-likeness (QED) is 0.805. The highest BCUT2D eigenvalue weighted by Crippen LogP contribution is 2.16. The van der Waals surface area contributed by atoms with Gasteiger partial charge in [0.2, 0.25) is 0 Å². The Labute approximate surface area is 128 Å². The summed E-state index contributed by atoms with van der Waals surface area (Å²) in [5.74, 6) is 0.275. The fraction of sp³-hybridized carbons (Fsp3) is 0.188. The molecule has 0 radical (unpaired) electrons. The van der Waals surface area contributed by atoms with Gasteiger partial charge >= 0.3 is 0 Å². The highest BCUT2D eigenvalue weighted by molar-refractivity contribution is 7.80. The summed E-state index contributed by atoms with van der Waals surface area (Å²) in [6, 6.07) is 12.0. The topological polar surface area (TPSA) is 55.5 Å². The second-order valence-electron chi connectivity index (χ2n) is 4.58. The highest BCUT2D eigenvalue weighted by Gasteiger charge is 2.06. The van der Waals surface area contributed by atoms with E-state index in [9.17, 15) is 4.39 Å². The lowest BCUT2D eigenvalue weighted by atomic mass is 10.1. The molecule has 0 saturated heterocycles. The van der Waals surface area contributed by atoms with E-state index in [2.05, 4.69) is 0 Å². The summed E-state index contributed by atoms with van der Waals surface area (Å²) < 4.78 is 19.1. The van der Waals surface area contributed by atoms with Gasteiger partial charge < -0.3 is 15.6 Å². The molecule has 0 fully saturated rings. The van der Waals surface area contributed by atoms with Gasteiger partial charge in [-0.05, 0) is 41.8 Å². The van der Waals surface area contributed by atoms with Crippen LogP contribution in [0.25, 0.3) is 0 Å². The van der Waals surface area contributed by atoms with E-state index in [4.69, 9.17) is 27.8 Å². The summed E-state index contributed by atoms with van der Waals surface area (Å²) in [5, 5.41) is 8.85. The van der Waals surface area contributed by atoms with Crippen LogP contribution >= 0.6 is 12.2 Å². The third-order valence-electron chi connectivity index (χ3n) is 3.03. The van der Waals surface area contributed by atoms with Crippen molar-refractivity contribution in [1.82, 2.24) is 0 Å². The van der Waals surface area contributed by atoms with E-state index in [0.717, 1.165) is 11.1 Å². The predicted octanol–water partition coefficient (Wildman–Crippen LogP) is 2.57.